The van der Waals surface area contributed by atoms with Gasteiger partial charge in [0.2, 0.25) is 11.8 Å². The second kappa shape index (κ2) is 11.8. The smallest absolute Gasteiger partial charge is 0.480 e. The third kappa shape index (κ3) is 7.22. The molecule has 1 fully saturated rings. The number of nitrogens with one attached hydrogen (secondary N) is 1. The van der Waals surface area contributed by atoms with Crippen LogP contribution < -0.4 is 15.8 Å². The molecule has 0 saturated heterocycles. The van der Waals surface area contributed by atoms with Gasteiger partial charge in [-0.15, -0.1) is 0 Å². The number of amides is 2. The van der Waals surface area contributed by atoms with Gasteiger partial charge in [-0.05, 0) is 30.7 Å². The zero-order valence-corrected chi connectivity index (χ0v) is 22.6. The maximum atomic E-state index is 13.4. The summed E-state index contributed by atoms with van der Waals surface area (Å²) in [4.78, 5) is 40.8. The number of carboxylic acid groups (broad SMARTS) is 1. The lowest BCUT2D eigenvalue weighted by molar-refractivity contribution is -0.201. The lowest BCUT2D eigenvalue weighted by Crippen LogP contribution is -2.52. The van der Waals surface area contributed by atoms with Crippen LogP contribution in [0.1, 0.15) is 58.1 Å². The highest BCUT2D eigenvalue weighted by Crippen LogP contribution is 2.48. The van der Waals surface area contributed by atoms with Crippen molar-refractivity contribution in [1.29, 1.82) is 0 Å². The molecule has 3 aliphatic rings. The number of ether oxygens (including phenoxy) is 1. The molecule has 4 rings (SSSR count). The van der Waals surface area contributed by atoms with Gasteiger partial charge in [0.1, 0.15) is 5.75 Å². The fraction of sp³-hybridized carbons (Fsp3) is 0.615. The second-order valence-corrected chi connectivity index (χ2v) is 10.4. The molecule has 5 atom stereocenters. The first-order valence-corrected chi connectivity index (χ1v) is 13.0. The number of nitrogens with two attached hydrogens (primary N) is 1. The van der Waals surface area contributed by atoms with E-state index in [9.17, 15) is 35.9 Å². The van der Waals surface area contributed by atoms with Crippen molar-refractivity contribution < 1.29 is 50.6 Å². The topological polar surface area (TPSA) is 134 Å². The van der Waals surface area contributed by atoms with Crippen molar-refractivity contribution in [2.24, 2.45) is 28.5 Å². The normalized spacial score (nSPS) is 27.0. The SMILES string of the molecule is CCC1(CC)CC(=O)N(CC2C(C)C2C(=O)N[C@@H]2C[C@H](C(F)(F)F)Oc3ccccc32)C(N)=N1.O=C(O)C(F)(F)F. The molecule has 1 saturated carbocycles. The van der Waals surface area contributed by atoms with Gasteiger partial charge in [0, 0.05) is 24.4 Å². The fourth-order valence-corrected chi connectivity index (χ4v) is 5.19. The molecule has 4 N–H and O–H groups in total. The summed E-state index contributed by atoms with van der Waals surface area (Å²) in [7, 11) is 0. The van der Waals surface area contributed by atoms with Crippen molar-refractivity contribution in [3.8, 4) is 5.75 Å². The van der Waals surface area contributed by atoms with Crippen LogP contribution in [-0.2, 0) is 14.4 Å². The molecule has 0 aromatic heterocycles. The molecule has 1 aliphatic carbocycles. The molecular weight excluding hydrogens is 562 g/mol. The number of hydrogen-bond donors (Lipinski definition) is 3. The lowest BCUT2D eigenvalue weighted by atomic mass is 9.88. The van der Waals surface area contributed by atoms with Crippen molar-refractivity contribution in [1.82, 2.24) is 10.2 Å². The number of carbonyl (C=O) groups is 3. The van der Waals surface area contributed by atoms with E-state index in [4.69, 9.17) is 20.4 Å². The predicted molar refractivity (Wildman–Crippen MR) is 134 cm³/mol. The number of hydrogen-bond acceptors (Lipinski definition) is 6. The molecule has 2 amide bonds. The first-order valence-electron chi connectivity index (χ1n) is 13.0. The van der Waals surface area contributed by atoms with Crippen LogP contribution >= 0.6 is 0 Å². The minimum absolute atomic E-state index is 0.0295. The van der Waals surface area contributed by atoms with Crippen molar-refractivity contribution in [2.45, 2.75) is 76.5 Å². The number of aliphatic imine (C=N–C) groups is 1. The Balaban J connectivity index is 0.000000587. The number of halogens is 6. The summed E-state index contributed by atoms with van der Waals surface area (Å²) in [5.41, 5.74) is 6.18. The monoisotopic (exact) mass is 594 g/mol. The number of para-hydroxylation sites is 1. The Bertz CT molecular complexity index is 1180. The van der Waals surface area contributed by atoms with Gasteiger partial charge in [0.25, 0.3) is 0 Å². The summed E-state index contributed by atoms with van der Waals surface area (Å²) in [6.07, 6.45) is -10.3. The molecule has 1 aromatic carbocycles. The molecule has 2 heterocycles. The van der Waals surface area contributed by atoms with Crippen molar-refractivity contribution in [3.05, 3.63) is 29.8 Å². The molecule has 1 aromatic rings. The third-order valence-electron chi connectivity index (χ3n) is 7.92. The Morgan fingerprint density at radius 2 is 1.76 bits per heavy atom. The quantitative estimate of drug-likeness (QED) is 0.423. The van der Waals surface area contributed by atoms with Crippen LogP contribution in [0.15, 0.2) is 29.3 Å². The summed E-state index contributed by atoms with van der Waals surface area (Å²) in [6, 6.07) is 5.64. The number of carbonyl (C=O) groups excluding carboxylic acids is 2. The van der Waals surface area contributed by atoms with Gasteiger partial charge in [0.15, 0.2) is 12.1 Å². The molecule has 9 nitrogen and oxygen atoms in total. The predicted octanol–water partition coefficient (Wildman–Crippen LogP) is 4.18. The van der Waals surface area contributed by atoms with Gasteiger partial charge in [-0.2, -0.15) is 26.3 Å². The summed E-state index contributed by atoms with van der Waals surface area (Å²) in [5, 5.41) is 9.93. The van der Waals surface area contributed by atoms with E-state index in [-0.39, 0.29) is 48.3 Å². The van der Waals surface area contributed by atoms with E-state index in [0.717, 1.165) is 0 Å². The van der Waals surface area contributed by atoms with E-state index < -0.39 is 48.3 Å². The van der Waals surface area contributed by atoms with E-state index in [1.54, 1.807) is 18.2 Å². The van der Waals surface area contributed by atoms with Crippen LogP contribution in [0, 0.1) is 17.8 Å². The van der Waals surface area contributed by atoms with Crippen LogP contribution in [0.25, 0.3) is 0 Å². The van der Waals surface area contributed by atoms with Crippen LogP contribution in [0.3, 0.4) is 0 Å². The van der Waals surface area contributed by atoms with Gasteiger partial charge in [0.05, 0.1) is 18.0 Å². The van der Waals surface area contributed by atoms with Gasteiger partial charge in [-0.25, -0.2) is 9.79 Å². The molecule has 228 valence electrons. The number of alkyl halides is 6. The summed E-state index contributed by atoms with van der Waals surface area (Å²) < 4.78 is 77.0. The van der Waals surface area contributed by atoms with Crippen LogP contribution in [0.2, 0.25) is 0 Å². The van der Waals surface area contributed by atoms with Gasteiger partial charge >= 0.3 is 18.3 Å². The van der Waals surface area contributed by atoms with E-state index in [1.165, 1.54) is 11.0 Å². The van der Waals surface area contributed by atoms with Crippen LogP contribution in [-0.4, -0.2) is 64.3 Å². The molecule has 0 spiro atoms. The molecule has 0 radical (unpaired) electrons. The summed E-state index contributed by atoms with van der Waals surface area (Å²) >= 11 is 0. The zero-order valence-electron chi connectivity index (χ0n) is 22.6. The second-order valence-electron chi connectivity index (χ2n) is 10.4. The van der Waals surface area contributed by atoms with E-state index in [2.05, 4.69) is 10.3 Å². The Morgan fingerprint density at radius 1 is 1.17 bits per heavy atom. The van der Waals surface area contributed by atoms with Gasteiger partial charge in [-0.1, -0.05) is 39.0 Å². The molecular formula is C26H32F6N4O5. The van der Waals surface area contributed by atoms with E-state index >= 15 is 0 Å². The minimum Gasteiger partial charge on any atom is -0.480 e. The summed E-state index contributed by atoms with van der Waals surface area (Å²) in [6.45, 7) is 6.12. The number of carboxylic acids is 1. The molecule has 0 bridgehead atoms. The lowest BCUT2D eigenvalue weighted by Gasteiger charge is -2.36. The third-order valence-corrected chi connectivity index (χ3v) is 7.92. The minimum atomic E-state index is -5.08. The molecule has 15 heteroatoms. The van der Waals surface area contributed by atoms with Crippen molar-refractivity contribution in [3.63, 3.8) is 0 Å². The Hall–Kier alpha value is -3.52. The molecule has 41 heavy (non-hydrogen) atoms. The first kappa shape index (κ1) is 32.0. The maximum absolute atomic E-state index is 13.4. The van der Waals surface area contributed by atoms with Crippen molar-refractivity contribution >= 4 is 23.7 Å². The largest absolute Gasteiger partial charge is 0.490 e. The Morgan fingerprint density at radius 3 is 2.27 bits per heavy atom. The maximum Gasteiger partial charge on any atom is 0.490 e. The number of benzene rings is 1. The van der Waals surface area contributed by atoms with Crippen molar-refractivity contribution in [2.75, 3.05) is 6.54 Å². The molecule has 3 unspecified atom stereocenters. The number of fused-ring (bicyclic) bond motifs is 1. The van der Waals surface area contributed by atoms with Crippen LogP contribution in [0.4, 0.5) is 26.3 Å². The van der Waals surface area contributed by atoms with E-state index in [0.29, 0.717) is 18.4 Å². The average molecular weight is 595 g/mol. The highest BCUT2D eigenvalue weighted by Gasteiger charge is 2.54. The highest BCUT2D eigenvalue weighted by atomic mass is 19.4. The van der Waals surface area contributed by atoms with Gasteiger partial charge < -0.3 is 20.9 Å². The average Bonchev–Trinajstić information content (AvgIpc) is 3.53. The summed E-state index contributed by atoms with van der Waals surface area (Å²) in [5.74, 6) is -3.47. The number of nitrogens with zero attached hydrogens (tertiary/aromatic N) is 2. The fourth-order valence-electron chi connectivity index (χ4n) is 5.19. The zero-order chi connectivity index (χ0) is 30.9. The standard InChI is InChI=1S/C24H31F3N4O3.C2HF3O2/c1-4-23(5-2)11-19(32)31(22(28)30-23)12-15-13(3)20(15)21(33)29-16-10-18(24(25,26)27)34-17-9-7-6-8-14(16)17;3-2(4,5)1(6)7/h6-9,13,15-16,18,20H,4-5,10-12H2,1-3H3,(H2,28,30)(H,29,33);(H,6,7)/t13?,15?,16-,18-,20?;/m1./s1. The van der Waals surface area contributed by atoms with Crippen LogP contribution in [0.5, 0.6) is 5.75 Å². The molecule has 2 aliphatic heterocycles. The number of guanidine groups is 1. The first-order chi connectivity index (χ1) is 18.9. The Kier molecular flexibility index (Phi) is 9.18. The number of rotatable bonds is 6. The highest BCUT2D eigenvalue weighted by molar-refractivity contribution is 5.99. The number of aliphatic carboxylic acids is 1. The van der Waals surface area contributed by atoms with E-state index in [1.807, 2.05) is 20.8 Å². The Labute approximate surface area is 232 Å². The van der Waals surface area contributed by atoms with Gasteiger partial charge in [-0.3, -0.25) is 14.5 Å².